The minimum absolute atomic E-state index is 0.0393. The first kappa shape index (κ1) is 25.3. The molecule has 33 heavy (non-hydrogen) atoms. The molecule has 9 heteroatoms. The lowest BCUT2D eigenvalue weighted by atomic mass is 9.95. The molecule has 7 nitrogen and oxygen atoms in total. The summed E-state index contributed by atoms with van der Waals surface area (Å²) in [6.45, 7) is 9.37. The van der Waals surface area contributed by atoms with E-state index in [1.165, 1.54) is 22.5 Å². The van der Waals surface area contributed by atoms with Crippen LogP contribution in [0.3, 0.4) is 0 Å². The van der Waals surface area contributed by atoms with Gasteiger partial charge in [0.15, 0.2) is 11.5 Å². The zero-order valence-corrected chi connectivity index (χ0v) is 21.0. The van der Waals surface area contributed by atoms with Crippen molar-refractivity contribution in [3.05, 3.63) is 52.5 Å². The van der Waals surface area contributed by atoms with Crippen LogP contribution < -0.4 is 14.8 Å². The van der Waals surface area contributed by atoms with Gasteiger partial charge in [-0.2, -0.15) is 4.31 Å². The molecular weight excluding hydrogens is 464 g/mol. The van der Waals surface area contributed by atoms with Crippen LogP contribution >= 0.6 is 11.6 Å². The van der Waals surface area contributed by atoms with Gasteiger partial charge >= 0.3 is 0 Å². The predicted molar refractivity (Wildman–Crippen MR) is 129 cm³/mol. The van der Waals surface area contributed by atoms with Crippen LogP contribution in [0.4, 0.5) is 0 Å². The molecule has 180 valence electrons. The van der Waals surface area contributed by atoms with E-state index in [0.717, 1.165) is 12.0 Å². The molecule has 0 aliphatic carbocycles. The number of carbonyl (C=O) groups excluding carboxylic acids is 1. The van der Waals surface area contributed by atoms with Crippen molar-refractivity contribution in [2.45, 2.75) is 45.1 Å². The maximum atomic E-state index is 13.2. The van der Waals surface area contributed by atoms with Crippen molar-refractivity contribution < 1.29 is 22.7 Å². The highest BCUT2D eigenvalue weighted by Crippen LogP contribution is 2.34. The number of hydrogen-bond donors (Lipinski definition) is 1. The van der Waals surface area contributed by atoms with Gasteiger partial charge in [0.05, 0.1) is 34.7 Å². The Morgan fingerprint density at radius 2 is 1.73 bits per heavy atom. The highest BCUT2D eigenvalue weighted by Gasteiger charge is 2.26. The van der Waals surface area contributed by atoms with Crippen molar-refractivity contribution in [1.82, 2.24) is 9.62 Å². The zero-order chi connectivity index (χ0) is 24.2. The molecule has 1 aliphatic rings. The summed E-state index contributed by atoms with van der Waals surface area (Å²) < 4.78 is 38.7. The van der Waals surface area contributed by atoms with Crippen LogP contribution in [0.1, 0.15) is 56.1 Å². The van der Waals surface area contributed by atoms with Gasteiger partial charge in [-0.15, -0.1) is 0 Å². The van der Waals surface area contributed by atoms with Gasteiger partial charge in [-0.1, -0.05) is 45.4 Å². The Morgan fingerprint density at radius 3 is 2.36 bits per heavy atom. The van der Waals surface area contributed by atoms with Crippen LogP contribution in [-0.2, 0) is 10.0 Å². The molecule has 1 unspecified atom stereocenters. The maximum Gasteiger partial charge on any atom is 0.253 e. The van der Waals surface area contributed by atoms with E-state index in [1.807, 2.05) is 32.0 Å². The topological polar surface area (TPSA) is 84.9 Å². The summed E-state index contributed by atoms with van der Waals surface area (Å²) in [6, 6.07) is 9.52. The molecule has 1 atom stereocenters. The third-order valence-corrected chi connectivity index (χ3v) is 7.99. The van der Waals surface area contributed by atoms with Crippen LogP contribution in [0.15, 0.2) is 41.3 Å². The minimum atomic E-state index is -3.72. The number of hydrogen-bond acceptors (Lipinski definition) is 5. The van der Waals surface area contributed by atoms with Gasteiger partial charge in [0, 0.05) is 19.5 Å². The number of halogens is 1. The quantitative estimate of drug-likeness (QED) is 0.577. The standard InChI is InChI=1S/C24H31ClN2O5S/c1-5-27(6-2)33(29,30)18-9-10-20(25)19(15-18)24(28)26-23(16(3)4)17-8-11-21-22(14-17)32-13-7-12-31-21/h8-11,14-16,23H,5-7,12-13H2,1-4H3,(H,26,28). The summed E-state index contributed by atoms with van der Waals surface area (Å²) in [6.07, 6.45) is 0.805. The Hall–Kier alpha value is -2.29. The average molecular weight is 495 g/mol. The molecular formula is C24H31ClN2O5S. The van der Waals surface area contributed by atoms with Crippen LogP contribution in [0.25, 0.3) is 0 Å². The number of nitrogens with one attached hydrogen (secondary N) is 1. The summed E-state index contributed by atoms with van der Waals surface area (Å²) in [5.41, 5.74) is 0.982. The third-order valence-electron chi connectivity index (χ3n) is 5.61. The number of rotatable bonds is 8. The SMILES string of the molecule is CCN(CC)S(=O)(=O)c1ccc(Cl)c(C(=O)NC(c2ccc3c(c2)OCCCO3)C(C)C)c1. The van der Waals surface area contributed by atoms with Crippen molar-refractivity contribution in [1.29, 1.82) is 0 Å². The Kier molecular flexibility index (Phi) is 8.26. The molecule has 1 N–H and O–H groups in total. The second-order valence-electron chi connectivity index (χ2n) is 8.18. The van der Waals surface area contributed by atoms with E-state index in [1.54, 1.807) is 13.8 Å². The monoisotopic (exact) mass is 494 g/mol. The summed E-state index contributed by atoms with van der Waals surface area (Å²) in [5, 5.41) is 3.21. The van der Waals surface area contributed by atoms with E-state index in [-0.39, 0.29) is 27.4 Å². The van der Waals surface area contributed by atoms with E-state index in [4.69, 9.17) is 21.1 Å². The molecule has 0 aromatic heterocycles. The van der Waals surface area contributed by atoms with Crippen molar-refractivity contribution in [2.75, 3.05) is 26.3 Å². The Bertz CT molecular complexity index is 1100. The van der Waals surface area contributed by atoms with Gasteiger partial charge in [-0.05, 0) is 41.8 Å². The largest absolute Gasteiger partial charge is 0.490 e. The van der Waals surface area contributed by atoms with Crippen LogP contribution in [-0.4, -0.2) is 44.9 Å². The first-order valence-electron chi connectivity index (χ1n) is 11.2. The normalized spacial score (nSPS) is 14.8. The number of benzene rings is 2. The fourth-order valence-corrected chi connectivity index (χ4v) is 5.47. The minimum Gasteiger partial charge on any atom is -0.490 e. The van der Waals surface area contributed by atoms with Crippen LogP contribution in [0, 0.1) is 5.92 Å². The smallest absolute Gasteiger partial charge is 0.253 e. The first-order chi connectivity index (χ1) is 15.7. The molecule has 2 aromatic rings. The molecule has 3 rings (SSSR count). The molecule has 0 radical (unpaired) electrons. The highest BCUT2D eigenvalue weighted by atomic mass is 35.5. The number of ether oxygens (including phenoxy) is 2. The second-order valence-corrected chi connectivity index (χ2v) is 10.5. The van der Waals surface area contributed by atoms with Gasteiger partial charge in [-0.3, -0.25) is 4.79 Å². The molecule has 0 saturated carbocycles. The van der Waals surface area contributed by atoms with E-state index < -0.39 is 15.9 Å². The van der Waals surface area contributed by atoms with Gasteiger partial charge in [0.2, 0.25) is 10.0 Å². The molecule has 1 heterocycles. The number of amides is 1. The van der Waals surface area contributed by atoms with Crippen LogP contribution in [0.5, 0.6) is 11.5 Å². The summed E-state index contributed by atoms with van der Waals surface area (Å²) in [7, 11) is -3.72. The van der Waals surface area contributed by atoms with Crippen molar-refractivity contribution in [3.63, 3.8) is 0 Å². The van der Waals surface area contributed by atoms with Crippen LogP contribution in [0.2, 0.25) is 5.02 Å². The van der Waals surface area contributed by atoms with Gasteiger partial charge in [0.25, 0.3) is 5.91 Å². The first-order valence-corrected chi connectivity index (χ1v) is 13.0. The van der Waals surface area contributed by atoms with E-state index in [2.05, 4.69) is 5.32 Å². The molecule has 0 spiro atoms. The predicted octanol–water partition coefficient (Wildman–Crippen LogP) is 4.66. The number of sulfonamides is 1. The van der Waals surface area contributed by atoms with E-state index >= 15 is 0 Å². The number of nitrogens with zero attached hydrogens (tertiary/aromatic N) is 1. The molecule has 1 aliphatic heterocycles. The summed E-state index contributed by atoms with van der Waals surface area (Å²) in [5.74, 6) is 0.945. The van der Waals surface area contributed by atoms with Gasteiger partial charge < -0.3 is 14.8 Å². The molecule has 0 fully saturated rings. The molecule has 0 bridgehead atoms. The van der Waals surface area contributed by atoms with E-state index in [9.17, 15) is 13.2 Å². The molecule has 2 aromatic carbocycles. The van der Waals surface area contributed by atoms with Crippen molar-refractivity contribution in [3.8, 4) is 11.5 Å². The fourth-order valence-electron chi connectivity index (χ4n) is 3.78. The Labute approximate surface area is 201 Å². The number of fused-ring (bicyclic) bond motifs is 1. The average Bonchev–Trinajstić information content (AvgIpc) is 3.02. The third kappa shape index (κ3) is 5.62. The lowest BCUT2D eigenvalue weighted by molar-refractivity contribution is 0.0925. The fraction of sp³-hybridized carbons (Fsp3) is 0.458. The summed E-state index contributed by atoms with van der Waals surface area (Å²) >= 11 is 6.30. The highest BCUT2D eigenvalue weighted by molar-refractivity contribution is 7.89. The van der Waals surface area contributed by atoms with Gasteiger partial charge in [0.1, 0.15) is 0 Å². The number of carbonyl (C=O) groups is 1. The molecule has 0 saturated heterocycles. The lowest BCUT2D eigenvalue weighted by Crippen LogP contribution is -2.33. The molecule has 1 amide bonds. The van der Waals surface area contributed by atoms with E-state index in [0.29, 0.717) is 37.8 Å². The zero-order valence-electron chi connectivity index (χ0n) is 19.4. The second kappa shape index (κ2) is 10.8. The summed E-state index contributed by atoms with van der Waals surface area (Å²) in [4.78, 5) is 13.3. The van der Waals surface area contributed by atoms with Gasteiger partial charge in [-0.25, -0.2) is 8.42 Å². The Morgan fingerprint density at radius 1 is 1.06 bits per heavy atom. The maximum absolute atomic E-state index is 13.2. The lowest BCUT2D eigenvalue weighted by Gasteiger charge is -2.24. The Balaban J connectivity index is 1.91. The van der Waals surface area contributed by atoms with Crippen molar-refractivity contribution >= 4 is 27.5 Å². The van der Waals surface area contributed by atoms with Crippen molar-refractivity contribution in [2.24, 2.45) is 5.92 Å².